The van der Waals surface area contributed by atoms with E-state index in [1.165, 1.54) is 50.3 Å². The fraction of sp³-hybridized carbons (Fsp3) is 0.426. The van der Waals surface area contributed by atoms with Crippen LogP contribution < -0.4 is 44.5 Å². The first-order valence-electron chi connectivity index (χ1n) is 21.5. The number of aliphatic carboxylic acids is 2. The third-order valence-corrected chi connectivity index (χ3v) is 12.6. The van der Waals surface area contributed by atoms with E-state index in [1.54, 1.807) is 6.07 Å². The number of halogens is 1. The summed E-state index contributed by atoms with van der Waals surface area (Å²) in [7, 11) is 0. The molecule has 5 aliphatic heterocycles. The summed E-state index contributed by atoms with van der Waals surface area (Å²) in [6, 6.07) is 12.8. The molecule has 5 N–H and O–H groups in total. The van der Waals surface area contributed by atoms with Crippen LogP contribution in [0.3, 0.4) is 0 Å². The molecule has 0 aliphatic carbocycles. The first-order valence-corrected chi connectivity index (χ1v) is 21.5. The number of nitrogens with one attached hydrogen (secondary N) is 1. The number of ether oxygens (including phenoxy) is 3. The zero-order chi connectivity index (χ0) is 42.2. The summed E-state index contributed by atoms with van der Waals surface area (Å²) in [5.74, 6) is -0.699. The highest BCUT2D eigenvalue weighted by Crippen LogP contribution is 2.49. The number of nitrogens with zero attached hydrogens (tertiary/aromatic N) is 3. The van der Waals surface area contributed by atoms with Gasteiger partial charge in [0.1, 0.15) is 67.7 Å². The van der Waals surface area contributed by atoms with Crippen molar-refractivity contribution in [2.75, 3.05) is 82.0 Å². The Bertz CT molecular complexity index is 2520. The predicted octanol–water partition coefficient (Wildman–Crippen LogP) is 3.31. The highest BCUT2D eigenvalue weighted by molar-refractivity contribution is 5.90. The van der Waals surface area contributed by atoms with Crippen LogP contribution in [0.25, 0.3) is 5.57 Å². The lowest BCUT2D eigenvalue weighted by Gasteiger charge is -2.39. The van der Waals surface area contributed by atoms with Crippen molar-refractivity contribution in [3.05, 3.63) is 104 Å². The number of carbonyl (C=O) groups is 2. The number of aliphatic hydroxyl groups is 2. The van der Waals surface area contributed by atoms with Crippen molar-refractivity contribution in [2.45, 2.75) is 57.4 Å². The summed E-state index contributed by atoms with van der Waals surface area (Å²) in [6.45, 7) is 2.94. The van der Waals surface area contributed by atoms with E-state index in [0.29, 0.717) is 17.0 Å². The Hall–Kier alpha value is -5.70. The Morgan fingerprint density at radius 3 is 2.38 bits per heavy atom. The van der Waals surface area contributed by atoms with Crippen molar-refractivity contribution < 1.29 is 48.6 Å². The molecule has 4 aromatic carbocycles. The second-order valence-electron chi connectivity index (χ2n) is 16.4. The van der Waals surface area contributed by atoms with Crippen molar-refractivity contribution in [3.8, 4) is 23.0 Å². The largest absolute Gasteiger partial charge is 0.490 e. The second-order valence-corrected chi connectivity index (χ2v) is 16.4. The van der Waals surface area contributed by atoms with Gasteiger partial charge in [0.25, 0.3) is 0 Å². The third kappa shape index (κ3) is 7.77. The van der Waals surface area contributed by atoms with Gasteiger partial charge in [-0.1, -0.05) is 12.1 Å². The predicted molar refractivity (Wildman–Crippen MR) is 227 cm³/mol. The molecule has 0 amide bonds. The zero-order valence-electron chi connectivity index (χ0n) is 34.2. The van der Waals surface area contributed by atoms with E-state index in [4.69, 9.17) is 14.2 Å². The first-order chi connectivity index (χ1) is 29.7. The lowest BCUT2D eigenvalue weighted by Crippen LogP contribution is -2.45. The minimum atomic E-state index is -1.21. The first kappa shape index (κ1) is 40.7. The topological polar surface area (TPSA) is 164 Å². The number of carboxylic acid groups (broad SMARTS) is 2. The van der Waals surface area contributed by atoms with Gasteiger partial charge in [-0.05, 0) is 80.0 Å². The molecule has 0 radical (unpaired) electrons. The van der Waals surface area contributed by atoms with Crippen molar-refractivity contribution in [1.29, 1.82) is 0 Å². The summed E-state index contributed by atoms with van der Waals surface area (Å²) in [5.41, 5.74) is 9.96. The fourth-order valence-corrected chi connectivity index (χ4v) is 10.2. The summed E-state index contributed by atoms with van der Waals surface area (Å²) in [5, 5.41) is 44.5. The summed E-state index contributed by atoms with van der Waals surface area (Å²) in [4.78, 5) is 28.3. The minimum absolute atomic E-state index is 0.0143. The maximum Gasteiger partial charge on any atom is 0.325 e. The molecule has 5 aliphatic rings. The second kappa shape index (κ2) is 17.3. The highest BCUT2D eigenvalue weighted by Gasteiger charge is 2.36. The standard InChI is InChI=1S/C47H51FN4O9/c48-31-10-12-37(52(18-20-54)27-40(55)56)39(26-31)60-22-21-59-38-25-28(9-11-32(38)42(47(57)58)49-13-19-53)41-35-23-29-5-1-14-50-16-3-7-33(43(29)50)45(35)61-46-34-8-4-17-51-15-2-6-30(44(34)51)24-36(41)46/h9-12,23-26,42,49,53-54H,1-8,13-22,27H2,(H-,55,56,57,58)/p+1. The molecule has 0 aromatic heterocycles. The number of hydrogen-bond acceptors (Lipinski definition) is 10. The molecule has 0 fully saturated rings. The van der Waals surface area contributed by atoms with Gasteiger partial charge in [-0.3, -0.25) is 14.9 Å². The van der Waals surface area contributed by atoms with Gasteiger partial charge in [0.2, 0.25) is 5.36 Å². The molecule has 1 unspecified atom stereocenters. The molecule has 320 valence electrons. The maximum atomic E-state index is 14.5. The number of rotatable bonds is 16. The van der Waals surface area contributed by atoms with Crippen LogP contribution in [0, 0.1) is 5.82 Å². The SMILES string of the molecule is O=C(O)CN(CCO)c1ccc(F)cc1OCCOc1cc(C2=c3cc4c5c(c3Oc3c2cc2c6c3CCCN6CCC2)CCC[N+]=5CCC4)ccc1C(NCCO)C(=O)O. The molecule has 0 spiro atoms. The number of aliphatic hydroxyl groups excluding tert-OH is 2. The molecule has 0 saturated heterocycles. The lowest BCUT2D eigenvalue weighted by atomic mass is 9.82. The monoisotopic (exact) mass is 835 g/mol. The van der Waals surface area contributed by atoms with E-state index in [1.807, 2.05) is 12.1 Å². The Morgan fingerprint density at radius 1 is 0.852 bits per heavy atom. The normalized spacial score (nSPS) is 16.4. The van der Waals surface area contributed by atoms with Crippen molar-refractivity contribution >= 4 is 28.9 Å². The molecule has 0 saturated carbocycles. The maximum absolute atomic E-state index is 14.5. The molecule has 9 rings (SSSR count). The molecule has 0 bridgehead atoms. The van der Waals surface area contributed by atoms with E-state index >= 15 is 0 Å². The summed E-state index contributed by atoms with van der Waals surface area (Å²) in [6.07, 6.45) is 8.03. The number of carboxylic acids is 2. The van der Waals surface area contributed by atoms with Gasteiger partial charge in [-0.2, -0.15) is 0 Å². The van der Waals surface area contributed by atoms with Crippen LogP contribution in [0.15, 0.2) is 48.5 Å². The molecule has 4 aromatic rings. The van der Waals surface area contributed by atoms with Gasteiger partial charge >= 0.3 is 11.9 Å². The molecular formula is C47H52FN4O9+. The van der Waals surface area contributed by atoms with Crippen molar-refractivity contribution in [3.63, 3.8) is 0 Å². The lowest BCUT2D eigenvalue weighted by molar-refractivity contribution is -0.140. The Balaban J connectivity index is 1.16. The summed E-state index contributed by atoms with van der Waals surface area (Å²) < 4.78 is 36.7. The van der Waals surface area contributed by atoms with Crippen LogP contribution in [0.5, 0.6) is 23.0 Å². The average Bonchev–Trinajstić information content (AvgIpc) is 3.25. The fourth-order valence-electron chi connectivity index (χ4n) is 10.2. The Labute approximate surface area is 352 Å². The van der Waals surface area contributed by atoms with Crippen LogP contribution in [0.4, 0.5) is 15.8 Å². The number of benzene rings is 4. The molecule has 61 heavy (non-hydrogen) atoms. The van der Waals surface area contributed by atoms with E-state index in [0.717, 1.165) is 117 Å². The van der Waals surface area contributed by atoms with E-state index in [9.17, 15) is 34.4 Å². The van der Waals surface area contributed by atoms with E-state index in [2.05, 4.69) is 26.9 Å². The average molecular weight is 836 g/mol. The van der Waals surface area contributed by atoms with Crippen LogP contribution in [0.1, 0.15) is 70.7 Å². The van der Waals surface area contributed by atoms with Gasteiger partial charge < -0.3 is 44.4 Å². The minimum Gasteiger partial charge on any atom is -0.490 e. The summed E-state index contributed by atoms with van der Waals surface area (Å²) >= 11 is 0. The van der Waals surface area contributed by atoms with Crippen LogP contribution in [-0.4, -0.2) is 105 Å². The van der Waals surface area contributed by atoms with Gasteiger partial charge in [0, 0.05) is 83.8 Å². The quantitative estimate of drug-likeness (QED) is 0.0730. The zero-order valence-corrected chi connectivity index (χ0v) is 34.2. The van der Waals surface area contributed by atoms with Crippen molar-refractivity contribution in [2.24, 2.45) is 0 Å². The number of anilines is 2. The molecule has 1 atom stereocenters. The number of aryl methyl sites for hydroxylation is 2. The van der Waals surface area contributed by atoms with E-state index in [-0.39, 0.29) is 45.3 Å². The van der Waals surface area contributed by atoms with Gasteiger partial charge in [0.05, 0.1) is 24.5 Å². The van der Waals surface area contributed by atoms with E-state index < -0.39 is 30.3 Å². The van der Waals surface area contributed by atoms with Crippen LogP contribution in [-0.2, 0) is 35.3 Å². The van der Waals surface area contributed by atoms with Crippen LogP contribution in [0.2, 0.25) is 0 Å². The Kier molecular flexibility index (Phi) is 11.6. The van der Waals surface area contributed by atoms with Crippen LogP contribution >= 0.6 is 0 Å². The smallest absolute Gasteiger partial charge is 0.325 e. The highest BCUT2D eigenvalue weighted by atomic mass is 19.1. The number of hydrogen-bond donors (Lipinski definition) is 5. The van der Waals surface area contributed by atoms with Crippen molar-refractivity contribution in [1.82, 2.24) is 9.89 Å². The van der Waals surface area contributed by atoms with Gasteiger partial charge in [-0.15, -0.1) is 0 Å². The Morgan fingerprint density at radius 2 is 1.61 bits per heavy atom. The van der Waals surface area contributed by atoms with Gasteiger partial charge in [0.15, 0.2) is 0 Å². The molecule has 5 heterocycles. The molecular weight excluding hydrogens is 784 g/mol. The van der Waals surface area contributed by atoms with Gasteiger partial charge in [-0.25, -0.2) is 8.97 Å². The molecule has 14 heteroatoms. The molecule has 13 nitrogen and oxygen atoms in total. The number of fused-ring (bicyclic) bond motifs is 4. The third-order valence-electron chi connectivity index (χ3n) is 12.6.